The van der Waals surface area contributed by atoms with Gasteiger partial charge in [0, 0.05) is 6.04 Å². The molecule has 2 fully saturated rings. The van der Waals surface area contributed by atoms with Gasteiger partial charge in [-0.25, -0.2) is 0 Å². The van der Waals surface area contributed by atoms with E-state index in [0.717, 1.165) is 25.7 Å². The average molecular weight is 280 g/mol. The molecule has 2 aliphatic rings. The Morgan fingerprint density at radius 2 is 2.10 bits per heavy atom. The Morgan fingerprint density at radius 1 is 1.40 bits per heavy atom. The Labute approximate surface area is 124 Å². The largest absolute Gasteiger partial charge is 0.323 e. The molecule has 116 valence electrons. The minimum atomic E-state index is 0.0612. The van der Waals surface area contributed by atoms with Crippen molar-refractivity contribution in [1.82, 2.24) is 10.2 Å². The second kappa shape index (κ2) is 6.05. The van der Waals surface area contributed by atoms with Crippen molar-refractivity contribution in [3.8, 4) is 0 Å². The van der Waals surface area contributed by atoms with Crippen LogP contribution in [0.3, 0.4) is 0 Å². The van der Waals surface area contributed by atoms with Gasteiger partial charge in [-0.3, -0.25) is 10.1 Å². The van der Waals surface area contributed by atoms with Crippen LogP contribution < -0.4 is 5.32 Å². The summed E-state index contributed by atoms with van der Waals surface area (Å²) in [5, 5.41) is 3.61. The van der Waals surface area contributed by atoms with Crippen LogP contribution in [0.25, 0.3) is 0 Å². The minimum Gasteiger partial charge on any atom is -0.323 e. The monoisotopic (exact) mass is 280 g/mol. The van der Waals surface area contributed by atoms with E-state index in [4.69, 9.17) is 0 Å². The maximum Gasteiger partial charge on any atom is 0.241 e. The number of carbonyl (C=O) groups is 1. The highest BCUT2D eigenvalue weighted by Crippen LogP contribution is 2.41. The van der Waals surface area contributed by atoms with E-state index in [-0.39, 0.29) is 12.2 Å². The molecular formula is C17H32N2O. The lowest BCUT2D eigenvalue weighted by Gasteiger charge is -2.33. The lowest BCUT2D eigenvalue weighted by atomic mass is 9.91. The van der Waals surface area contributed by atoms with Gasteiger partial charge < -0.3 is 4.90 Å². The van der Waals surface area contributed by atoms with Crippen LogP contribution in [0.15, 0.2) is 0 Å². The van der Waals surface area contributed by atoms with Crippen LogP contribution in [0, 0.1) is 11.3 Å². The quantitative estimate of drug-likeness (QED) is 0.835. The zero-order valence-corrected chi connectivity index (χ0v) is 13.9. The van der Waals surface area contributed by atoms with E-state index in [1.54, 1.807) is 0 Å². The summed E-state index contributed by atoms with van der Waals surface area (Å²) in [5.74, 6) is 0.842. The summed E-state index contributed by atoms with van der Waals surface area (Å²) in [4.78, 5) is 15.0. The van der Waals surface area contributed by atoms with Gasteiger partial charge in [0.25, 0.3) is 0 Å². The zero-order chi connectivity index (χ0) is 14.9. The maximum atomic E-state index is 12.8. The Hall–Kier alpha value is -0.570. The van der Waals surface area contributed by atoms with Crippen LogP contribution in [0.1, 0.15) is 73.1 Å². The van der Waals surface area contributed by atoms with Gasteiger partial charge in [0.05, 0.1) is 12.2 Å². The number of hydrogen-bond acceptors (Lipinski definition) is 2. The molecule has 2 rings (SSSR count). The fraction of sp³-hybridized carbons (Fsp3) is 0.941. The van der Waals surface area contributed by atoms with Crippen molar-refractivity contribution in [3.63, 3.8) is 0 Å². The molecule has 1 aliphatic carbocycles. The minimum absolute atomic E-state index is 0.0612. The molecule has 0 aromatic rings. The summed E-state index contributed by atoms with van der Waals surface area (Å²) in [5.41, 5.74) is 0.397. The predicted octanol–water partition coefficient (Wildman–Crippen LogP) is 3.54. The van der Waals surface area contributed by atoms with E-state index < -0.39 is 0 Å². The number of hydrogen-bond donors (Lipinski definition) is 1. The fourth-order valence-electron chi connectivity index (χ4n) is 3.85. The van der Waals surface area contributed by atoms with Crippen molar-refractivity contribution in [1.29, 1.82) is 0 Å². The van der Waals surface area contributed by atoms with Gasteiger partial charge in [-0.15, -0.1) is 0 Å². The number of nitrogens with zero attached hydrogens (tertiary/aromatic N) is 1. The fourth-order valence-corrected chi connectivity index (χ4v) is 3.85. The standard InChI is InChI=1S/C17H32N2O/c1-6-7-8-14-16(20)19(15(18-14)12(2)3)13-9-10-17(4,5)11-13/h12-15,18H,6-11H2,1-5H3. The van der Waals surface area contributed by atoms with Crippen molar-refractivity contribution in [2.75, 3.05) is 0 Å². The molecule has 0 radical (unpaired) electrons. The number of nitrogens with one attached hydrogen (secondary N) is 1. The molecule has 1 N–H and O–H groups in total. The molecule has 0 aromatic heterocycles. The van der Waals surface area contributed by atoms with E-state index in [1.807, 2.05) is 0 Å². The van der Waals surface area contributed by atoms with Crippen LogP contribution in [-0.4, -0.2) is 29.1 Å². The maximum absolute atomic E-state index is 12.8. The number of amides is 1. The Kier molecular flexibility index (Phi) is 4.78. The molecule has 1 saturated carbocycles. The molecule has 1 aliphatic heterocycles. The van der Waals surface area contributed by atoms with Gasteiger partial charge in [0.15, 0.2) is 0 Å². The summed E-state index contributed by atoms with van der Waals surface area (Å²) in [6.07, 6.45) is 7.10. The Bertz CT molecular complexity index is 351. The normalized spacial score (nSPS) is 33.4. The van der Waals surface area contributed by atoms with Crippen LogP contribution in [-0.2, 0) is 4.79 Å². The van der Waals surface area contributed by atoms with Gasteiger partial charge in [-0.05, 0) is 37.0 Å². The van der Waals surface area contributed by atoms with Crippen molar-refractivity contribution >= 4 is 5.91 Å². The third kappa shape index (κ3) is 3.19. The number of carbonyl (C=O) groups excluding carboxylic acids is 1. The van der Waals surface area contributed by atoms with Gasteiger partial charge in [-0.1, -0.05) is 47.5 Å². The van der Waals surface area contributed by atoms with Crippen LogP contribution in [0.4, 0.5) is 0 Å². The summed E-state index contributed by atoms with van der Waals surface area (Å²) < 4.78 is 0. The van der Waals surface area contributed by atoms with E-state index in [2.05, 4.69) is 44.8 Å². The molecule has 0 bridgehead atoms. The van der Waals surface area contributed by atoms with Crippen molar-refractivity contribution in [3.05, 3.63) is 0 Å². The van der Waals surface area contributed by atoms with Crippen LogP contribution in [0.2, 0.25) is 0 Å². The van der Waals surface area contributed by atoms with Gasteiger partial charge in [0.2, 0.25) is 5.91 Å². The van der Waals surface area contributed by atoms with E-state index >= 15 is 0 Å². The lowest BCUT2D eigenvalue weighted by molar-refractivity contribution is -0.133. The second-order valence-electron chi connectivity index (χ2n) is 7.86. The van der Waals surface area contributed by atoms with Crippen LogP contribution in [0.5, 0.6) is 0 Å². The van der Waals surface area contributed by atoms with Crippen molar-refractivity contribution in [2.45, 2.75) is 91.4 Å². The highest BCUT2D eigenvalue weighted by atomic mass is 16.2. The van der Waals surface area contributed by atoms with Crippen LogP contribution >= 0.6 is 0 Å². The second-order valence-corrected chi connectivity index (χ2v) is 7.86. The molecule has 1 heterocycles. The number of unbranched alkanes of at least 4 members (excludes halogenated alkanes) is 1. The molecule has 0 aromatic carbocycles. The van der Waals surface area contributed by atoms with E-state index in [9.17, 15) is 4.79 Å². The molecule has 0 spiro atoms. The summed E-state index contributed by atoms with van der Waals surface area (Å²) in [7, 11) is 0. The van der Waals surface area contributed by atoms with Crippen molar-refractivity contribution in [2.24, 2.45) is 11.3 Å². The smallest absolute Gasteiger partial charge is 0.241 e. The Balaban J connectivity index is 2.10. The molecule has 3 nitrogen and oxygen atoms in total. The van der Waals surface area contributed by atoms with Crippen molar-refractivity contribution < 1.29 is 4.79 Å². The SMILES string of the molecule is CCCCC1NC(C(C)C)N(C2CCC(C)(C)C2)C1=O. The average Bonchev–Trinajstić information content (AvgIpc) is 2.87. The summed E-state index contributed by atoms with van der Waals surface area (Å²) in [6.45, 7) is 11.3. The summed E-state index contributed by atoms with van der Waals surface area (Å²) >= 11 is 0. The highest BCUT2D eigenvalue weighted by molar-refractivity contribution is 5.84. The first-order chi connectivity index (χ1) is 9.35. The molecule has 3 atom stereocenters. The molecule has 20 heavy (non-hydrogen) atoms. The molecular weight excluding hydrogens is 248 g/mol. The first-order valence-electron chi connectivity index (χ1n) is 8.44. The van der Waals surface area contributed by atoms with E-state index in [1.165, 1.54) is 12.8 Å². The first kappa shape index (κ1) is 15.8. The molecule has 3 unspecified atom stereocenters. The van der Waals surface area contributed by atoms with Gasteiger partial charge >= 0.3 is 0 Å². The Morgan fingerprint density at radius 3 is 2.60 bits per heavy atom. The first-order valence-corrected chi connectivity index (χ1v) is 8.44. The topological polar surface area (TPSA) is 32.3 Å². The van der Waals surface area contributed by atoms with Gasteiger partial charge in [0.1, 0.15) is 0 Å². The predicted molar refractivity (Wildman–Crippen MR) is 83.3 cm³/mol. The number of rotatable bonds is 5. The molecule has 3 heteroatoms. The lowest BCUT2D eigenvalue weighted by Crippen LogP contribution is -2.46. The zero-order valence-electron chi connectivity index (χ0n) is 13.9. The molecule has 1 amide bonds. The van der Waals surface area contributed by atoms with E-state index in [0.29, 0.717) is 23.3 Å². The summed E-state index contributed by atoms with van der Waals surface area (Å²) in [6, 6.07) is 0.509. The third-order valence-electron chi connectivity index (χ3n) is 5.04. The molecule has 1 saturated heterocycles. The third-order valence-corrected chi connectivity index (χ3v) is 5.04. The highest BCUT2D eigenvalue weighted by Gasteiger charge is 2.46. The van der Waals surface area contributed by atoms with Gasteiger partial charge in [-0.2, -0.15) is 0 Å².